The smallest absolute Gasteiger partial charge is 0.147 e. The van der Waals surface area contributed by atoms with E-state index in [4.69, 9.17) is 9.97 Å². The second-order valence-corrected chi connectivity index (χ2v) is 11.0. The lowest BCUT2D eigenvalue weighted by atomic mass is 9.99. The molecule has 9 aromatic rings. The Bertz CT molecular complexity index is 2550. The van der Waals surface area contributed by atoms with Crippen molar-refractivity contribution >= 4 is 60.3 Å². The van der Waals surface area contributed by atoms with Gasteiger partial charge in [0.05, 0.1) is 22.1 Å². The van der Waals surface area contributed by atoms with Crippen LogP contribution in [0.3, 0.4) is 0 Å². The minimum Gasteiger partial charge on any atom is -0.309 e. The Morgan fingerprint density at radius 2 is 1.41 bits per heavy atom. The van der Waals surface area contributed by atoms with Gasteiger partial charge in [0, 0.05) is 33.4 Å². The maximum atomic E-state index is 5.17. The van der Waals surface area contributed by atoms with Gasteiger partial charge in [0.2, 0.25) is 0 Å². The molecule has 1 aliphatic carbocycles. The molecular weight excluding hydrogens is 500 g/mol. The van der Waals surface area contributed by atoms with Crippen molar-refractivity contribution in [1.82, 2.24) is 18.9 Å². The third kappa shape index (κ3) is 2.69. The molecule has 0 radical (unpaired) electrons. The zero-order chi connectivity index (χ0) is 26.7. The summed E-state index contributed by atoms with van der Waals surface area (Å²) in [7, 11) is 0. The highest BCUT2D eigenvalue weighted by atomic mass is 15.1. The lowest BCUT2D eigenvalue weighted by Crippen LogP contribution is -1.95. The van der Waals surface area contributed by atoms with Crippen LogP contribution in [0.2, 0.25) is 0 Å². The molecule has 190 valence electrons. The first-order chi connectivity index (χ1) is 20.3. The number of aromatic nitrogens is 4. The highest BCUT2D eigenvalue weighted by Crippen LogP contribution is 2.46. The van der Waals surface area contributed by atoms with Crippen molar-refractivity contribution in [3.8, 4) is 16.8 Å². The Labute approximate surface area is 234 Å². The summed E-state index contributed by atoms with van der Waals surface area (Å²) in [5.74, 6) is 0. The molecule has 0 amide bonds. The van der Waals surface area contributed by atoms with Crippen molar-refractivity contribution < 1.29 is 0 Å². The number of benzene rings is 5. The van der Waals surface area contributed by atoms with Crippen LogP contribution in [0.25, 0.3) is 77.1 Å². The number of imidazole rings is 1. The zero-order valence-electron chi connectivity index (χ0n) is 22.0. The van der Waals surface area contributed by atoms with Gasteiger partial charge in [-0.3, -0.25) is 4.40 Å². The third-order valence-electron chi connectivity index (χ3n) is 8.96. The Balaban J connectivity index is 1.45. The number of fused-ring (bicyclic) bond motifs is 15. The summed E-state index contributed by atoms with van der Waals surface area (Å²) in [6.07, 6.45) is 2.82. The topological polar surface area (TPSA) is 35.1 Å². The Morgan fingerprint density at radius 3 is 2.37 bits per heavy atom. The van der Waals surface area contributed by atoms with Crippen LogP contribution >= 0.6 is 0 Å². The molecule has 4 aromatic heterocycles. The summed E-state index contributed by atoms with van der Waals surface area (Å²) in [5.41, 5.74) is 13.1. The quantitative estimate of drug-likeness (QED) is 0.202. The monoisotopic (exact) mass is 522 g/mol. The molecule has 0 atom stereocenters. The fourth-order valence-electron chi connectivity index (χ4n) is 7.26. The number of hydrogen-bond donors (Lipinski definition) is 0. The number of rotatable bonds is 1. The van der Waals surface area contributed by atoms with Crippen molar-refractivity contribution in [3.63, 3.8) is 0 Å². The predicted octanol–water partition coefficient (Wildman–Crippen LogP) is 8.86. The highest BCUT2D eigenvalue weighted by Gasteiger charge is 2.25. The van der Waals surface area contributed by atoms with Crippen LogP contribution in [0.5, 0.6) is 0 Å². The normalized spacial score (nSPS) is 12.8. The predicted molar refractivity (Wildman–Crippen MR) is 168 cm³/mol. The molecule has 1 aliphatic rings. The van der Waals surface area contributed by atoms with Crippen molar-refractivity contribution in [2.45, 2.75) is 6.42 Å². The van der Waals surface area contributed by atoms with Crippen molar-refractivity contribution in [2.24, 2.45) is 0 Å². The Hall–Kier alpha value is -5.48. The molecule has 10 rings (SSSR count). The van der Waals surface area contributed by atoms with Crippen molar-refractivity contribution in [2.75, 3.05) is 0 Å². The minimum atomic E-state index is 0.932. The van der Waals surface area contributed by atoms with E-state index < -0.39 is 0 Å². The van der Waals surface area contributed by atoms with Crippen LogP contribution in [-0.4, -0.2) is 18.9 Å². The molecule has 5 aromatic carbocycles. The fourth-order valence-corrected chi connectivity index (χ4v) is 7.26. The summed E-state index contributed by atoms with van der Waals surface area (Å²) >= 11 is 0. The molecule has 0 spiro atoms. The van der Waals surface area contributed by atoms with Crippen LogP contribution < -0.4 is 0 Å². The van der Waals surface area contributed by atoms with Crippen LogP contribution in [-0.2, 0) is 6.42 Å². The molecule has 0 fully saturated rings. The summed E-state index contributed by atoms with van der Waals surface area (Å²) in [5, 5.41) is 6.04. The molecule has 0 N–H and O–H groups in total. The summed E-state index contributed by atoms with van der Waals surface area (Å²) in [6.45, 7) is 0. The van der Waals surface area contributed by atoms with Crippen LogP contribution in [0.4, 0.5) is 0 Å². The molecule has 0 bridgehead atoms. The fraction of sp³-hybridized carbons (Fsp3) is 0.0270. The van der Waals surface area contributed by atoms with Gasteiger partial charge < -0.3 is 4.57 Å². The van der Waals surface area contributed by atoms with E-state index in [-0.39, 0.29) is 0 Å². The summed E-state index contributed by atoms with van der Waals surface area (Å²) in [6, 6.07) is 41.5. The van der Waals surface area contributed by atoms with E-state index >= 15 is 0 Å². The van der Waals surface area contributed by atoms with Crippen LogP contribution in [0.1, 0.15) is 11.1 Å². The molecule has 41 heavy (non-hydrogen) atoms. The Kier molecular flexibility index (Phi) is 3.95. The largest absolute Gasteiger partial charge is 0.309 e. The molecule has 4 heteroatoms. The van der Waals surface area contributed by atoms with E-state index in [2.05, 4.69) is 118 Å². The molecule has 0 saturated carbocycles. The zero-order valence-corrected chi connectivity index (χ0v) is 22.0. The average Bonchev–Trinajstić information content (AvgIpc) is 3.70. The number of para-hydroxylation sites is 3. The van der Waals surface area contributed by atoms with Gasteiger partial charge in [-0.25, -0.2) is 9.97 Å². The lowest BCUT2D eigenvalue weighted by molar-refractivity contribution is 1.18. The Morgan fingerprint density at radius 1 is 0.561 bits per heavy atom. The average molecular weight is 523 g/mol. The molecule has 0 unspecified atom stereocenters. The lowest BCUT2D eigenvalue weighted by Gasteiger charge is -2.11. The second-order valence-electron chi connectivity index (χ2n) is 11.0. The van der Waals surface area contributed by atoms with E-state index in [1.807, 2.05) is 12.3 Å². The van der Waals surface area contributed by atoms with Gasteiger partial charge in [-0.05, 0) is 88.7 Å². The number of nitrogens with zero attached hydrogens (tertiary/aromatic N) is 4. The third-order valence-corrected chi connectivity index (χ3v) is 8.96. The molecule has 4 nitrogen and oxygen atoms in total. The van der Waals surface area contributed by atoms with Gasteiger partial charge in [-0.2, -0.15) is 0 Å². The van der Waals surface area contributed by atoms with Gasteiger partial charge in [-0.15, -0.1) is 0 Å². The van der Waals surface area contributed by atoms with Crippen molar-refractivity contribution in [3.05, 3.63) is 133 Å². The van der Waals surface area contributed by atoms with Crippen LogP contribution in [0, 0.1) is 0 Å². The molecule has 0 aliphatic heterocycles. The minimum absolute atomic E-state index is 0.932. The summed E-state index contributed by atoms with van der Waals surface area (Å²) in [4.78, 5) is 10.0. The number of hydrogen-bond acceptors (Lipinski definition) is 2. The maximum Gasteiger partial charge on any atom is 0.147 e. The van der Waals surface area contributed by atoms with E-state index in [1.54, 1.807) is 0 Å². The van der Waals surface area contributed by atoms with E-state index in [9.17, 15) is 0 Å². The maximum absolute atomic E-state index is 5.17. The van der Waals surface area contributed by atoms with Gasteiger partial charge in [0.25, 0.3) is 0 Å². The number of pyridine rings is 2. The van der Waals surface area contributed by atoms with E-state index in [1.165, 1.54) is 49.4 Å². The first-order valence-electron chi connectivity index (χ1n) is 14.1. The SMILES string of the molecule is c1ccc(-n2c3cc4c5cccnc5n5c6ccccc6nc5c4cc3c3c4c(ccc32)-c2ccccc2C4)cc1. The first-order valence-corrected chi connectivity index (χ1v) is 14.1. The van der Waals surface area contributed by atoms with Gasteiger partial charge in [-0.1, -0.05) is 60.7 Å². The molecule has 0 saturated heterocycles. The summed E-state index contributed by atoms with van der Waals surface area (Å²) < 4.78 is 4.66. The van der Waals surface area contributed by atoms with Gasteiger partial charge in [0.1, 0.15) is 11.3 Å². The van der Waals surface area contributed by atoms with Gasteiger partial charge in [0.15, 0.2) is 0 Å². The van der Waals surface area contributed by atoms with Crippen molar-refractivity contribution in [1.29, 1.82) is 0 Å². The van der Waals surface area contributed by atoms with Crippen LogP contribution in [0.15, 0.2) is 121 Å². The van der Waals surface area contributed by atoms with E-state index in [0.29, 0.717) is 0 Å². The molecular formula is C37H22N4. The molecule has 4 heterocycles. The second kappa shape index (κ2) is 7.58. The van der Waals surface area contributed by atoms with E-state index in [0.717, 1.165) is 45.2 Å². The standard InChI is InChI=1S/C37H22N4/c1-2-10-23(11-3-1)40-33-17-16-25-24-12-5-4-9-22(24)19-28(25)35(33)30-20-29-27(21-34(30)40)26-13-8-18-38-36(26)41-32-15-7-6-14-31(32)39-37(29)41/h1-18,20-21H,19H2. The van der Waals surface area contributed by atoms with Gasteiger partial charge >= 0.3 is 0 Å². The highest BCUT2D eigenvalue weighted by molar-refractivity contribution is 6.22. The first kappa shape index (κ1) is 21.4.